The lowest BCUT2D eigenvalue weighted by atomic mass is 9.96. The third-order valence-corrected chi connectivity index (χ3v) is 5.78. The van der Waals surface area contributed by atoms with E-state index in [1.54, 1.807) is 21.3 Å². The molecule has 0 unspecified atom stereocenters. The van der Waals surface area contributed by atoms with Crippen molar-refractivity contribution in [2.45, 2.75) is 19.4 Å². The van der Waals surface area contributed by atoms with E-state index in [4.69, 9.17) is 18.7 Å². The first-order chi connectivity index (χ1) is 16.1. The zero-order valence-corrected chi connectivity index (χ0v) is 19.0. The van der Waals surface area contributed by atoms with Gasteiger partial charge in [-0.3, -0.25) is 9.69 Å². The number of methoxy groups -OCH3 is 3. The van der Waals surface area contributed by atoms with Gasteiger partial charge in [0.05, 0.1) is 27.9 Å². The Kier molecular flexibility index (Phi) is 7.09. The lowest BCUT2D eigenvalue weighted by Gasteiger charge is -2.30. The quantitative estimate of drug-likeness (QED) is 0.553. The smallest absolute Gasteiger partial charge is 0.241 e. The van der Waals surface area contributed by atoms with Crippen LogP contribution in [0.1, 0.15) is 18.7 Å². The SMILES string of the molecule is COc1ccc(NC(=O)C2CCN(Cc3nc(-c4ccc(OC)c(OC)c4)no3)CC2)cc1. The first-order valence-electron chi connectivity index (χ1n) is 10.8. The van der Waals surface area contributed by atoms with Crippen LogP contribution in [-0.4, -0.2) is 55.4 Å². The van der Waals surface area contributed by atoms with Crippen molar-refractivity contribution in [3.63, 3.8) is 0 Å². The van der Waals surface area contributed by atoms with Crippen LogP contribution in [0.2, 0.25) is 0 Å². The fraction of sp³-hybridized carbons (Fsp3) is 0.375. The maximum atomic E-state index is 12.6. The largest absolute Gasteiger partial charge is 0.497 e. The van der Waals surface area contributed by atoms with E-state index >= 15 is 0 Å². The lowest BCUT2D eigenvalue weighted by Crippen LogP contribution is -2.37. The maximum absolute atomic E-state index is 12.6. The molecule has 1 aromatic heterocycles. The Labute approximate surface area is 192 Å². The molecule has 1 N–H and O–H groups in total. The minimum Gasteiger partial charge on any atom is -0.497 e. The zero-order chi connectivity index (χ0) is 23.2. The minimum atomic E-state index is -0.0200. The molecule has 1 fully saturated rings. The van der Waals surface area contributed by atoms with E-state index in [1.165, 1.54) is 0 Å². The summed E-state index contributed by atoms with van der Waals surface area (Å²) in [5.41, 5.74) is 1.56. The monoisotopic (exact) mass is 452 g/mol. The van der Waals surface area contributed by atoms with E-state index < -0.39 is 0 Å². The normalized spacial score (nSPS) is 14.6. The molecule has 0 bridgehead atoms. The third-order valence-electron chi connectivity index (χ3n) is 5.78. The molecule has 2 heterocycles. The van der Waals surface area contributed by atoms with Crippen molar-refractivity contribution in [1.29, 1.82) is 0 Å². The second-order valence-corrected chi connectivity index (χ2v) is 7.85. The van der Waals surface area contributed by atoms with E-state index in [2.05, 4.69) is 20.4 Å². The molecule has 3 aromatic rings. The summed E-state index contributed by atoms with van der Waals surface area (Å²) in [6.07, 6.45) is 1.55. The predicted octanol–water partition coefficient (Wildman–Crippen LogP) is 3.61. The third kappa shape index (κ3) is 5.43. The molecule has 0 radical (unpaired) electrons. The van der Waals surface area contributed by atoms with Crippen molar-refractivity contribution in [2.75, 3.05) is 39.7 Å². The van der Waals surface area contributed by atoms with E-state index in [9.17, 15) is 4.79 Å². The van der Waals surface area contributed by atoms with Gasteiger partial charge in [-0.2, -0.15) is 4.98 Å². The first-order valence-corrected chi connectivity index (χ1v) is 10.8. The van der Waals surface area contributed by atoms with Gasteiger partial charge in [0.25, 0.3) is 0 Å². The van der Waals surface area contributed by atoms with Crippen molar-refractivity contribution >= 4 is 11.6 Å². The number of hydrogen-bond acceptors (Lipinski definition) is 8. The molecular weight excluding hydrogens is 424 g/mol. The molecule has 0 atom stereocenters. The number of rotatable bonds is 8. The highest BCUT2D eigenvalue weighted by molar-refractivity contribution is 5.92. The molecule has 1 amide bonds. The number of hydrogen-bond donors (Lipinski definition) is 1. The number of anilines is 1. The van der Waals surface area contributed by atoms with E-state index in [1.807, 2.05) is 42.5 Å². The summed E-state index contributed by atoms with van der Waals surface area (Å²) in [6.45, 7) is 2.12. The highest BCUT2D eigenvalue weighted by atomic mass is 16.5. The van der Waals surface area contributed by atoms with Crippen LogP contribution in [0.5, 0.6) is 17.2 Å². The van der Waals surface area contributed by atoms with Crippen LogP contribution in [-0.2, 0) is 11.3 Å². The summed E-state index contributed by atoms with van der Waals surface area (Å²) in [4.78, 5) is 19.4. The molecule has 0 spiro atoms. The van der Waals surface area contributed by atoms with Crippen LogP contribution in [0.4, 0.5) is 5.69 Å². The molecule has 1 saturated heterocycles. The lowest BCUT2D eigenvalue weighted by molar-refractivity contribution is -0.121. The highest BCUT2D eigenvalue weighted by Gasteiger charge is 2.26. The molecule has 0 saturated carbocycles. The Morgan fingerprint density at radius 1 is 1.03 bits per heavy atom. The van der Waals surface area contributed by atoms with Crippen molar-refractivity contribution < 1.29 is 23.5 Å². The molecule has 174 valence electrons. The molecule has 33 heavy (non-hydrogen) atoms. The fourth-order valence-electron chi connectivity index (χ4n) is 3.87. The van der Waals surface area contributed by atoms with E-state index in [-0.39, 0.29) is 11.8 Å². The van der Waals surface area contributed by atoms with E-state index in [0.717, 1.165) is 42.9 Å². The summed E-state index contributed by atoms with van der Waals surface area (Å²) < 4.78 is 21.2. The highest BCUT2D eigenvalue weighted by Crippen LogP contribution is 2.31. The van der Waals surface area contributed by atoms with Crippen molar-refractivity contribution in [1.82, 2.24) is 15.0 Å². The average molecular weight is 453 g/mol. The Morgan fingerprint density at radius 2 is 1.76 bits per heavy atom. The van der Waals surface area contributed by atoms with Crippen molar-refractivity contribution in [3.05, 3.63) is 48.4 Å². The minimum absolute atomic E-state index is 0.0200. The van der Waals surface area contributed by atoms with Crippen molar-refractivity contribution in [2.24, 2.45) is 5.92 Å². The summed E-state index contributed by atoms with van der Waals surface area (Å²) in [5.74, 6) is 3.08. The number of likely N-dealkylation sites (tertiary alicyclic amines) is 1. The Morgan fingerprint density at radius 3 is 2.42 bits per heavy atom. The number of amides is 1. The molecule has 0 aliphatic carbocycles. The van der Waals surface area contributed by atoms with Gasteiger partial charge in [-0.05, 0) is 68.4 Å². The van der Waals surface area contributed by atoms with Gasteiger partial charge in [0, 0.05) is 17.2 Å². The van der Waals surface area contributed by atoms with Crippen LogP contribution >= 0.6 is 0 Å². The number of carbonyl (C=O) groups excluding carboxylic acids is 1. The second-order valence-electron chi connectivity index (χ2n) is 7.85. The maximum Gasteiger partial charge on any atom is 0.241 e. The Bertz CT molecular complexity index is 1070. The number of carbonyl (C=O) groups is 1. The molecule has 2 aromatic carbocycles. The summed E-state index contributed by atoms with van der Waals surface area (Å²) >= 11 is 0. The summed E-state index contributed by atoms with van der Waals surface area (Å²) in [5, 5.41) is 7.10. The van der Waals surface area contributed by atoms with E-state index in [0.29, 0.717) is 29.8 Å². The topological polar surface area (TPSA) is 99.0 Å². The number of nitrogens with one attached hydrogen (secondary N) is 1. The summed E-state index contributed by atoms with van der Waals surface area (Å²) in [7, 11) is 4.80. The molecule has 1 aliphatic heterocycles. The molecular formula is C24H28N4O5. The van der Waals surface area contributed by atoms with Crippen LogP contribution < -0.4 is 19.5 Å². The van der Waals surface area contributed by atoms with Gasteiger partial charge in [0.15, 0.2) is 11.5 Å². The van der Waals surface area contributed by atoms with Crippen LogP contribution in [0.3, 0.4) is 0 Å². The van der Waals surface area contributed by atoms with Gasteiger partial charge in [-0.15, -0.1) is 0 Å². The zero-order valence-electron chi connectivity index (χ0n) is 19.0. The molecule has 4 rings (SSSR count). The van der Waals surface area contributed by atoms with Gasteiger partial charge in [0.2, 0.25) is 17.6 Å². The standard InChI is InChI=1S/C24H28N4O5/c1-30-19-7-5-18(6-8-19)25-24(29)16-10-12-28(13-11-16)15-22-26-23(27-33-22)17-4-9-20(31-2)21(14-17)32-3/h4-9,14,16H,10-13,15H2,1-3H3,(H,25,29). The van der Waals surface area contributed by atoms with Gasteiger partial charge >= 0.3 is 0 Å². The fourth-order valence-corrected chi connectivity index (χ4v) is 3.87. The van der Waals surface area contributed by atoms with Gasteiger partial charge in [0.1, 0.15) is 5.75 Å². The average Bonchev–Trinajstić information content (AvgIpc) is 3.33. The van der Waals surface area contributed by atoms with Crippen molar-refractivity contribution in [3.8, 4) is 28.6 Å². The molecule has 9 nitrogen and oxygen atoms in total. The van der Waals surface area contributed by atoms with Crippen LogP contribution in [0.25, 0.3) is 11.4 Å². The first kappa shape index (κ1) is 22.6. The van der Waals surface area contributed by atoms with Gasteiger partial charge in [-0.25, -0.2) is 0 Å². The number of nitrogens with zero attached hydrogens (tertiary/aromatic N) is 3. The number of piperidine rings is 1. The van der Waals surface area contributed by atoms with Gasteiger partial charge in [-0.1, -0.05) is 5.16 Å². The van der Waals surface area contributed by atoms with Crippen LogP contribution in [0.15, 0.2) is 47.0 Å². The molecule has 9 heteroatoms. The second kappa shape index (κ2) is 10.4. The number of aromatic nitrogens is 2. The Balaban J connectivity index is 1.29. The Hall–Kier alpha value is -3.59. The van der Waals surface area contributed by atoms with Crippen LogP contribution in [0, 0.1) is 5.92 Å². The van der Waals surface area contributed by atoms with Gasteiger partial charge < -0.3 is 24.1 Å². The predicted molar refractivity (Wildman–Crippen MR) is 122 cm³/mol. The number of ether oxygens (including phenoxy) is 3. The number of benzene rings is 2. The summed E-state index contributed by atoms with van der Waals surface area (Å²) in [6, 6.07) is 12.8. The molecule has 1 aliphatic rings.